The molecule has 0 aliphatic heterocycles. The molecule has 0 unspecified atom stereocenters. The van der Waals surface area contributed by atoms with Gasteiger partial charge in [0.2, 0.25) is 0 Å². The first-order valence-corrected chi connectivity index (χ1v) is 4.87. The molecule has 1 aromatic heterocycles. The number of unbranched alkanes of at least 4 members (excludes halogenated alkanes) is 1. The standard InChI is InChI=1S/C11H18N2/c1-4-5-6-8-13-9-7-12-11(13)10(2)3/h4,7,9-10H,1,5-6,8H2,2-3H3. The minimum absolute atomic E-state index is 0.513. The van der Waals surface area contributed by atoms with Gasteiger partial charge in [-0.2, -0.15) is 0 Å². The van der Waals surface area contributed by atoms with Crippen molar-refractivity contribution in [1.29, 1.82) is 0 Å². The van der Waals surface area contributed by atoms with Crippen molar-refractivity contribution in [3.8, 4) is 0 Å². The van der Waals surface area contributed by atoms with Crippen LogP contribution in [-0.2, 0) is 6.54 Å². The van der Waals surface area contributed by atoms with Gasteiger partial charge in [-0.1, -0.05) is 19.9 Å². The summed E-state index contributed by atoms with van der Waals surface area (Å²) >= 11 is 0. The van der Waals surface area contributed by atoms with Gasteiger partial charge in [-0.25, -0.2) is 4.98 Å². The highest BCUT2D eigenvalue weighted by Crippen LogP contribution is 2.12. The number of aryl methyl sites for hydroxylation is 1. The Morgan fingerprint density at radius 2 is 2.38 bits per heavy atom. The molecule has 1 rings (SSSR count). The molecule has 0 aromatic carbocycles. The molecule has 1 aromatic rings. The van der Waals surface area contributed by atoms with E-state index in [9.17, 15) is 0 Å². The number of nitrogens with zero attached hydrogens (tertiary/aromatic N) is 2. The van der Waals surface area contributed by atoms with E-state index in [1.807, 2.05) is 12.3 Å². The van der Waals surface area contributed by atoms with Crippen molar-refractivity contribution in [2.24, 2.45) is 0 Å². The molecule has 0 N–H and O–H groups in total. The van der Waals surface area contributed by atoms with E-state index >= 15 is 0 Å². The minimum atomic E-state index is 0.513. The average molecular weight is 178 g/mol. The Balaban J connectivity index is 2.55. The van der Waals surface area contributed by atoms with Crippen molar-refractivity contribution in [3.05, 3.63) is 30.9 Å². The molecule has 0 saturated carbocycles. The Hall–Kier alpha value is -1.05. The summed E-state index contributed by atoms with van der Waals surface area (Å²) in [5.41, 5.74) is 0. The van der Waals surface area contributed by atoms with Crippen molar-refractivity contribution < 1.29 is 0 Å². The first-order chi connectivity index (χ1) is 6.25. The highest BCUT2D eigenvalue weighted by atomic mass is 15.1. The molecule has 0 aliphatic carbocycles. The molecule has 0 bridgehead atoms. The van der Waals surface area contributed by atoms with Gasteiger partial charge in [-0.05, 0) is 12.8 Å². The summed E-state index contributed by atoms with van der Waals surface area (Å²) in [7, 11) is 0. The summed E-state index contributed by atoms with van der Waals surface area (Å²) in [5, 5.41) is 0. The van der Waals surface area contributed by atoms with E-state index in [4.69, 9.17) is 0 Å². The van der Waals surface area contributed by atoms with Crippen molar-refractivity contribution >= 4 is 0 Å². The van der Waals surface area contributed by atoms with Crippen LogP contribution in [0.3, 0.4) is 0 Å². The van der Waals surface area contributed by atoms with Crippen LogP contribution in [0.2, 0.25) is 0 Å². The molecule has 2 heteroatoms. The van der Waals surface area contributed by atoms with E-state index in [1.165, 1.54) is 5.82 Å². The monoisotopic (exact) mass is 178 g/mol. The van der Waals surface area contributed by atoms with Crippen molar-refractivity contribution in [1.82, 2.24) is 9.55 Å². The Kier molecular flexibility index (Phi) is 3.74. The lowest BCUT2D eigenvalue weighted by Crippen LogP contribution is -2.04. The maximum absolute atomic E-state index is 4.33. The second-order valence-electron chi connectivity index (χ2n) is 3.56. The lowest BCUT2D eigenvalue weighted by molar-refractivity contribution is 0.593. The minimum Gasteiger partial charge on any atom is -0.335 e. The van der Waals surface area contributed by atoms with Gasteiger partial charge >= 0.3 is 0 Å². The number of hydrogen-bond donors (Lipinski definition) is 0. The molecule has 72 valence electrons. The van der Waals surface area contributed by atoms with Crippen LogP contribution in [0.15, 0.2) is 25.0 Å². The number of rotatable bonds is 5. The van der Waals surface area contributed by atoms with Crippen LogP contribution >= 0.6 is 0 Å². The van der Waals surface area contributed by atoms with Crippen LogP contribution < -0.4 is 0 Å². The van der Waals surface area contributed by atoms with Crippen LogP contribution in [-0.4, -0.2) is 9.55 Å². The molecular weight excluding hydrogens is 160 g/mol. The van der Waals surface area contributed by atoms with Crippen LogP contribution in [0.5, 0.6) is 0 Å². The molecule has 0 aliphatic rings. The van der Waals surface area contributed by atoms with Gasteiger partial charge in [-0.3, -0.25) is 0 Å². The van der Waals surface area contributed by atoms with Crippen molar-refractivity contribution in [2.75, 3.05) is 0 Å². The van der Waals surface area contributed by atoms with Crippen LogP contribution in [0.25, 0.3) is 0 Å². The molecule has 0 atom stereocenters. The van der Waals surface area contributed by atoms with E-state index in [-0.39, 0.29) is 0 Å². The number of hydrogen-bond acceptors (Lipinski definition) is 1. The summed E-state index contributed by atoms with van der Waals surface area (Å²) in [6.45, 7) is 9.11. The maximum atomic E-state index is 4.33. The van der Waals surface area contributed by atoms with Crippen LogP contribution in [0.4, 0.5) is 0 Å². The fourth-order valence-electron chi connectivity index (χ4n) is 1.42. The molecular formula is C11H18N2. The van der Waals surface area contributed by atoms with Gasteiger partial charge in [0.25, 0.3) is 0 Å². The van der Waals surface area contributed by atoms with E-state index < -0.39 is 0 Å². The van der Waals surface area contributed by atoms with E-state index in [2.05, 4.69) is 36.2 Å². The summed E-state index contributed by atoms with van der Waals surface area (Å²) in [4.78, 5) is 4.33. The fraction of sp³-hybridized carbons (Fsp3) is 0.545. The zero-order valence-electron chi connectivity index (χ0n) is 8.53. The summed E-state index contributed by atoms with van der Waals surface area (Å²) in [6.07, 6.45) is 8.13. The van der Waals surface area contributed by atoms with Crippen LogP contribution in [0, 0.1) is 0 Å². The van der Waals surface area contributed by atoms with Gasteiger partial charge in [0.15, 0.2) is 0 Å². The highest BCUT2D eigenvalue weighted by molar-refractivity contribution is 4.97. The number of allylic oxidation sites excluding steroid dienone is 1. The topological polar surface area (TPSA) is 17.8 Å². The average Bonchev–Trinajstić information content (AvgIpc) is 2.53. The Bertz CT molecular complexity index is 261. The smallest absolute Gasteiger partial charge is 0.111 e. The third kappa shape index (κ3) is 2.72. The van der Waals surface area contributed by atoms with Gasteiger partial charge in [0.1, 0.15) is 5.82 Å². The zero-order valence-corrected chi connectivity index (χ0v) is 8.53. The first-order valence-electron chi connectivity index (χ1n) is 4.87. The fourth-order valence-corrected chi connectivity index (χ4v) is 1.42. The molecule has 0 saturated heterocycles. The van der Waals surface area contributed by atoms with E-state index in [0.29, 0.717) is 5.92 Å². The molecule has 0 amide bonds. The van der Waals surface area contributed by atoms with E-state index in [0.717, 1.165) is 19.4 Å². The quantitative estimate of drug-likeness (QED) is 0.500. The summed E-state index contributed by atoms with van der Waals surface area (Å²) in [5.74, 6) is 1.70. The summed E-state index contributed by atoms with van der Waals surface area (Å²) in [6, 6.07) is 0. The van der Waals surface area contributed by atoms with Crippen molar-refractivity contribution in [3.63, 3.8) is 0 Å². The molecule has 0 fully saturated rings. The Labute approximate surface area is 80.3 Å². The first kappa shape index (κ1) is 10.0. The second kappa shape index (κ2) is 4.85. The molecule has 13 heavy (non-hydrogen) atoms. The van der Waals surface area contributed by atoms with Gasteiger partial charge in [0, 0.05) is 24.9 Å². The molecule has 0 radical (unpaired) electrons. The predicted octanol–water partition coefficient (Wildman–Crippen LogP) is 2.97. The van der Waals surface area contributed by atoms with Crippen molar-refractivity contribution in [2.45, 2.75) is 39.2 Å². The highest BCUT2D eigenvalue weighted by Gasteiger charge is 2.05. The third-order valence-electron chi connectivity index (χ3n) is 2.07. The lowest BCUT2D eigenvalue weighted by Gasteiger charge is -2.08. The second-order valence-corrected chi connectivity index (χ2v) is 3.56. The SMILES string of the molecule is C=CCCCn1ccnc1C(C)C. The maximum Gasteiger partial charge on any atom is 0.111 e. The predicted molar refractivity (Wildman–Crippen MR) is 55.7 cm³/mol. The Morgan fingerprint density at radius 1 is 1.62 bits per heavy atom. The number of imidazole rings is 1. The summed E-state index contributed by atoms with van der Waals surface area (Å²) < 4.78 is 2.23. The van der Waals surface area contributed by atoms with Gasteiger partial charge < -0.3 is 4.57 Å². The zero-order chi connectivity index (χ0) is 9.68. The molecule has 0 spiro atoms. The Morgan fingerprint density at radius 3 is 3.00 bits per heavy atom. The third-order valence-corrected chi connectivity index (χ3v) is 2.07. The van der Waals surface area contributed by atoms with Crippen LogP contribution in [0.1, 0.15) is 38.4 Å². The van der Waals surface area contributed by atoms with Gasteiger partial charge in [-0.15, -0.1) is 6.58 Å². The normalized spacial score (nSPS) is 10.7. The lowest BCUT2D eigenvalue weighted by atomic mass is 10.2. The largest absolute Gasteiger partial charge is 0.335 e. The van der Waals surface area contributed by atoms with Gasteiger partial charge in [0.05, 0.1) is 0 Å². The number of aromatic nitrogens is 2. The van der Waals surface area contributed by atoms with E-state index in [1.54, 1.807) is 0 Å². The molecule has 2 nitrogen and oxygen atoms in total. The molecule has 1 heterocycles.